The normalized spacial score (nSPS) is 10.7. The lowest BCUT2D eigenvalue weighted by Gasteiger charge is -2.05. The molecule has 3 N–H and O–H groups in total. The zero-order valence-corrected chi connectivity index (χ0v) is 7.99. The fourth-order valence-corrected chi connectivity index (χ4v) is 1.50. The van der Waals surface area contributed by atoms with Crippen LogP contribution in [0.4, 0.5) is 5.69 Å². The van der Waals surface area contributed by atoms with Crippen LogP contribution in [0.3, 0.4) is 0 Å². The number of hydrogen-bond donors (Lipinski definition) is 2. The van der Waals surface area contributed by atoms with Crippen molar-refractivity contribution in [3.63, 3.8) is 0 Å². The van der Waals surface area contributed by atoms with Crippen molar-refractivity contribution in [2.24, 2.45) is 0 Å². The summed E-state index contributed by atoms with van der Waals surface area (Å²) in [6.07, 6.45) is 1.68. The highest BCUT2D eigenvalue weighted by molar-refractivity contribution is 5.86. The Morgan fingerprint density at radius 2 is 2.21 bits per heavy atom. The van der Waals surface area contributed by atoms with Gasteiger partial charge in [-0.05, 0) is 30.2 Å². The fraction of sp³-hybridized carbons (Fsp3) is 0.182. The van der Waals surface area contributed by atoms with Crippen LogP contribution in [-0.4, -0.2) is 10.1 Å². The van der Waals surface area contributed by atoms with Crippen molar-refractivity contribution in [1.29, 1.82) is 0 Å². The number of aliphatic hydroxyl groups is 1. The Morgan fingerprint density at radius 3 is 2.93 bits per heavy atom. The molecule has 0 amide bonds. The number of fused-ring (bicyclic) bond motifs is 1. The highest BCUT2D eigenvalue weighted by Gasteiger charge is 2.02. The van der Waals surface area contributed by atoms with E-state index in [2.05, 4.69) is 4.98 Å². The molecule has 1 aromatic carbocycles. The third-order valence-electron chi connectivity index (χ3n) is 2.39. The molecule has 3 heteroatoms. The van der Waals surface area contributed by atoms with E-state index in [1.807, 2.05) is 25.1 Å². The molecular weight excluding hydrogens is 176 g/mol. The van der Waals surface area contributed by atoms with Gasteiger partial charge in [0.05, 0.1) is 12.1 Å². The Labute approximate surface area is 82.2 Å². The zero-order chi connectivity index (χ0) is 10.1. The molecule has 0 radical (unpaired) electrons. The van der Waals surface area contributed by atoms with Gasteiger partial charge in [0, 0.05) is 17.3 Å². The van der Waals surface area contributed by atoms with Crippen molar-refractivity contribution in [3.05, 3.63) is 35.5 Å². The highest BCUT2D eigenvalue weighted by atomic mass is 16.3. The van der Waals surface area contributed by atoms with Gasteiger partial charge in [0.1, 0.15) is 0 Å². The molecule has 0 saturated carbocycles. The van der Waals surface area contributed by atoms with E-state index in [1.165, 1.54) is 0 Å². The summed E-state index contributed by atoms with van der Waals surface area (Å²) < 4.78 is 0. The number of aryl methyl sites for hydroxylation is 1. The highest BCUT2D eigenvalue weighted by Crippen LogP contribution is 2.21. The first kappa shape index (κ1) is 8.97. The second kappa shape index (κ2) is 3.27. The van der Waals surface area contributed by atoms with Gasteiger partial charge in [-0.15, -0.1) is 0 Å². The Kier molecular flexibility index (Phi) is 2.09. The molecule has 2 rings (SSSR count). The molecule has 14 heavy (non-hydrogen) atoms. The number of anilines is 1. The van der Waals surface area contributed by atoms with Gasteiger partial charge in [0.25, 0.3) is 0 Å². The molecule has 0 spiro atoms. The molecular formula is C11H12N2O. The molecule has 2 aromatic rings. The van der Waals surface area contributed by atoms with Crippen LogP contribution in [0.25, 0.3) is 10.9 Å². The summed E-state index contributed by atoms with van der Waals surface area (Å²) in [6, 6.07) is 5.71. The predicted molar refractivity (Wildman–Crippen MR) is 56.8 cm³/mol. The van der Waals surface area contributed by atoms with E-state index in [0.717, 1.165) is 27.7 Å². The molecule has 0 atom stereocenters. The van der Waals surface area contributed by atoms with Crippen molar-refractivity contribution in [1.82, 2.24) is 4.98 Å². The molecule has 0 bridgehead atoms. The molecule has 0 unspecified atom stereocenters. The minimum atomic E-state index is 0.0202. The summed E-state index contributed by atoms with van der Waals surface area (Å²) >= 11 is 0. The van der Waals surface area contributed by atoms with Gasteiger partial charge in [-0.2, -0.15) is 0 Å². The molecule has 3 nitrogen and oxygen atoms in total. The number of hydrogen-bond acceptors (Lipinski definition) is 3. The lowest BCUT2D eigenvalue weighted by molar-refractivity contribution is 0.281. The van der Waals surface area contributed by atoms with Gasteiger partial charge in [-0.25, -0.2) is 0 Å². The van der Waals surface area contributed by atoms with Gasteiger partial charge in [-0.1, -0.05) is 6.07 Å². The third-order valence-corrected chi connectivity index (χ3v) is 2.39. The van der Waals surface area contributed by atoms with Crippen LogP contribution in [0, 0.1) is 6.92 Å². The summed E-state index contributed by atoms with van der Waals surface area (Å²) in [5, 5.41) is 9.97. The average Bonchev–Trinajstić information content (AvgIpc) is 2.23. The first-order chi connectivity index (χ1) is 6.72. The SMILES string of the molecule is Cc1c(N)ccc2cc(CO)cnc12. The van der Waals surface area contributed by atoms with Crippen LogP contribution in [0.5, 0.6) is 0 Å². The molecule has 0 aliphatic rings. The standard InChI is InChI=1S/C11H12N2O/c1-7-10(12)3-2-9-4-8(6-14)5-13-11(7)9/h2-5,14H,6,12H2,1H3. The van der Waals surface area contributed by atoms with Crippen LogP contribution in [0.1, 0.15) is 11.1 Å². The maximum Gasteiger partial charge on any atom is 0.0751 e. The summed E-state index contributed by atoms with van der Waals surface area (Å²) in [7, 11) is 0. The first-order valence-electron chi connectivity index (χ1n) is 4.47. The maximum absolute atomic E-state index is 8.96. The van der Waals surface area contributed by atoms with Gasteiger partial charge in [0.2, 0.25) is 0 Å². The average molecular weight is 188 g/mol. The molecule has 0 aliphatic carbocycles. The monoisotopic (exact) mass is 188 g/mol. The lowest BCUT2D eigenvalue weighted by atomic mass is 10.1. The number of nitrogens with two attached hydrogens (primary N) is 1. The van der Waals surface area contributed by atoms with Crippen LogP contribution >= 0.6 is 0 Å². The quantitative estimate of drug-likeness (QED) is 0.668. The van der Waals surface area contributed by atoms with Crippen molar-refractivity contribution in [2.45, 2.75) is 13.5 Å². The Hall–Kier alpha value is -1.61. The van der Waals surface area contributed by atoms with Crippen LogP contribution in [0.2, 0.25) is 0 Å². The number of nitrogens with zero attached hydrogens (tertiary/aromatic N) is 1. The number of benzene rings is 1. The van der Waals surface area contributed by atoms with E-state index in [0.29, 0.717) is 0 Å². The van der Waals surface area contributed by atoms with Crippen molar-refractivity contribution >= 4 is 16.6 Å². The molecule has 0 saturated heterocycles. The van der Waals surface area contributed by atoms with E-state index in [1.54, 1.807) is 6.20 Å². The van der Waals surface area contributed by atoms with Gasteiger partial charge in [0.15, 0.2) is 0 Å². The summed E-state index contributed by atoms with van der Waals surface area (Å²) in [6.45, 7) is 1.97. The molecule has 0 fully saturated rings. The Balaban J connectivity index is 2.74. The second-order valence-electron chi connectivity index (χ2n) is 3.35. The van der Waals surface area contributed by atoms with Gasteiger partial charge >= 0.3 is 0 Å². The number of nitrogen functional groups attached to an aromatic ring is 1. The van der Waals surface area contributed by atoms with E-state index in [4.69, 9.17) is 10.8 Å². The number of aromatic nitrogens is 1. The van der Waals surface area contributed by atoms with Crippen molar-refractivity contribution < 1.29 is 5.11 Å². The minimum Gasteiger partial charge on any atom is -0.398 e. The van der Waals surface area contributed by atoms with E-state index in [9.17, 15) is 0 Å². The summed E-state index contributed by atoms with van der Waals surface area (Å²) in [4.78, 5) is 4.27. The zero-order valence-electron chi connectivity index (χ0n) is 7.99. The molecule has 1 heterocycles. The smallest absolute Gasteiger partial charge is 0.0751 e. The van der Waals surface area contributed by atoms with E-state index in [-0.39, 0.29) is 6.61 Å². The topological polar surface area (TPSA) is 59.1 Å². The number of aliphatic hydroxyl groups excluding tert-OH is 1. The van der Waals surface area contributed by atoms with Crippen molar-refractivity contribution in [2.75, 3.05) is 5.73 Å². The predicted octanol–water partition coefficient (Wildman–Crippen LogP) is 1.62. The summed E-state index contributed by atoms with van der Waals surface area (Å²) in [5.74, 6) is 0. The van der Waals surface area contributed by atoms with Gasteiger partial charge in [-0.3, -0.25) is 4.98 Å². The van der Waals surface area contributed by atoms with E-state index < -0.39 is 0 Å². The lowest BCUT2D eigenvalue weighted by Crippen LogP contribution is -1.93. The Bertz CT molecular complexity index is 480. The largest absolute Gasteiger partial charge is 0.398 e. The third kappa shape index (κ3) is 1.32. The Morgan fingerprint density at radius 1 is 1.43 bits per heavy atom. The molecule has 1 aromatic heterocycles. The van der Waals surface area contributed by atoms with Crippen LogP contribution < -0.4 is 5.73 Å². The van der Waals surface area contributed by atoms with Crippen molar-refractivity contribution in [3.8, 4) is 0 Å². The summed E-state index contributed by atoms with van der Waals surface area (Å²) in [5.41, 5.74) is 9.24. The van der Waals surface area contributed by atoms with Gasteiger partial charge < -0.3 is 10.8 Å². The molecule has 72 valence electrons. The minimum absolute atomic E-state index is 0.0202. The van der Waals surface area contributed by atoms with Crippen LogP contribution in [0.15, 0.2) is 24.4 Å². The molecule has 0 aliphatic heterocycles. The first-order valence-corrected chi connectivity index (χ1v) is 4.47. The maximum atomic E-state index is 8.96. The number of pyridine rings is 1. The second-order valence-corrected chi connectivity index (χ2v) is 3.35. The van der Waals surface area contributed by atoms with Crippen LogP contribution in [-0.2, 0) is 6.61 Å². The number of rotatable bonds is 1. The van der Waals surface area contributed by atoms with E-state index >= 15 is 0 Å². The fourth-order valence-electron chi connectivity index (χ4n) is 1.50.